The fraction of sp³-hybridized carbons (Fsp3) is 0.588. The fourth-order valence-corrected chi connectivity index (χ4v) is 3.71. The first-order valence-electron chi connectivity index (χ1n) is 8.57. The first-order chi connectivity index (χ1) is 11.3. The molecule has 0 aromatic carbocycles. The molecule has 0 radical (unpaired) electrons. The number of nitrogens with zero attached hydrogens (tertiary/aromatic N) is 4. The second kappa shape index (κ2) is 6.18. The third-order valence-corrected chi connectivity index (χ3v) is 5.02. The quantitative estimate of drug-likeness (QED) is 0.855. The normalized spacial score (nSPS) is 19.4. The summed E-state index contributed by atoms with van der Waals surface area (Å²) in [5.41, 5.74) is 0. The van der Waals surface area contributed by atoms with Gasteiger partial charge >= 0.3 is 0 Å². The van der Waals surface area contributed by atoms with Crippen LogP contribution in [0.4, 0.5) is 0 Å². The van der Waals surface area contributed by atoms with Crippen molar-refractivity contribution in [3.8, 4) is 0 Å². The molecule has 2 aromatic heterocycles. The Labute approximate surface area is 135 Å². The number of aryl methyl sites for hydroxylation is 1. The van der Waals surface area contributed by atoms with E-state index in [0.29, 0.717) is 11.7 Å². The van der Waals surface area contributed by atoms with Crippen LogP contribution in [0.3, 0.4) is 0 Å². The van der Waals surface area contributed by atoms with Gasteiger partial charge in [-0.2, -0.15) is 0 Å². The Balaban J connectivity index is 1.44. The number of rotatable bonds is 2. The lowest BCUT2D eigenvalue weighted by Gasteiger charge is -2.31. The van der Waals surface area contributed by atoms with Gasteiger partial charge in [-0.3, -0.25) is 4.79 Å². The molecule has 1 amide bonds. The number of hydrogen-bond donors (Lipinski definition) is 0. The van der Waals surface area contributed by atoms with Crippen molar-refractivity contribution < 1.29 is 9.21 Å². The molecule has 1 fully saturated rings. The highest BCUT2D eigenvalue weighted by atomic mass is 16.3. The SMILES string of the molecule is O=C(c1ccco1)N1CCC(c2nnc3n2CCCCC3)CC1. The van der Waals surface area contributed by atoms with E-state index in [1.165, 1.54) is 19.3 Å². The minimum Gasteiger partial charge on any atom is -0.459 e. The molecule has 0 bridgehead atoms. The smallest absolute Gasteiger partial charge is 0.289 e. The van der Waals surface area contributed by atoms with Crippen LogP contribution in [0.1, 0.15) is 60.2 Å². The summed E-state index contributed by atoms with van der Waals surface area (Å²) in [6, 6.07) is 3.48. The molecule has 23 heavy (non-hydrogen) atoms. The average molecular weight is 314 g/mol. The van der Waals surface area contributed by atoms with Crippen LogP contribution in [0.5, 0.6) is 0 Å². The molecule has 0 aliphatic carbocycles. The van der Waals surface area contributed by atoms with Gasteiger partial charge in [0.1, 0.15) is 11.6 Å². The Morgan fingerprint density at radius 2 is 2.00 bits per heavy atom. The lowest BCUT2D eigenvalue weighted by Crippen LogP contribution is -2.38. The number of piperidine rings is 1. The van der Waals surface area contributed by atoms with Gasteiger partial charge in [-0.05, 0) is 37.8 Å². The molecule has 0 unspecified atom stereocenters. The van der Waals surface area contributed by atoms with Gasteiger partial charge in [0.25, 0.3) is 5.91 Å². The molecule has 2 aromatic rings. The Hall–Kier alpha value is -2.11. The summed E-state index contributed by atoms with van der Waals surface area (Å²) >= 11 is 0. The third kappa shape index (κ3) is 2.78. The number of carbonyl (C=O) groups excluding carboxylic acids is 1. The maximum absolute atomic E-state index is 12.3. The largest absolute Gasteiger partial charge is 0.459 e. The molecule has 0 spiro atoms. The lowest BCUT2D eigenvalue weighted by molar-refractivity contribution is 0.0678. The van der Waals surface area contributed by atoms with E-state index in [4.69, 9.17) is 4.42 Å². The van der Waals surface area contributed by atoms with Gasteiger partial charge in [-0.15, -0.1) is 10.2 Å². The molecule has 6 heteroatoms. The molecule has 2 aliphatic heterocycles. The van der Waals surface area contributed by atoms with Crippen LogP contribution in [0, 0.1) is 0 Å². The molecule has 2 aliphatic rings. The third-order valence-electron chi connectivity index (χ3n) is 5.02. The van der Waals surface area contributed by atoms with E-state index in [1.54, 1.807) is 18.4 Å². The summed E-state index contributed by atoms with van der Waals surface area (Å²) < 4.78 is 7.55. The molecule has 4 rings (SSSR count). The van der Waals surface area contributed by atoms with Crippen molar-refractivity contribution in [2.24, 2.45) is 0 Å². The van der Waals surface area contributed by atoms with Crippen LogP contribution >= 0.6 is 0 Å². The van der Waals surface area contributed by atoms with E-state index in [1.807, 2.05) is 4.90 Å². The topological polar surface area (TPSA) is 64.2 Å². The van der Waals surface area contributed by atoms with E-state index < -0.39 is 0 Å². The zero-order valence-electron chi connectivity index (χ0n) is 13.3. The summed E-state index contributed by atoms with van der Waals surface area (Å²) in [5.74, 6) is 3.11. The Kier molecular flexibility index (Phi) is 3.89. The van der Waals surface area contributed by atoms with Crippen molar-refractivity contribution in [3.63, 3.8) is 0 Å². The Bertz CT molecular complexity index is 669. The van der Waals surface area contributed by atoms with Gasteiger partial charge in [0.2, 0.25) is 0 Å². The van der Waals surface area contributed by atoms with Crippen molar-refractivity contribution in [2.75, 3.05) is 13.1 Å². The molecular weight excluding hydrogens is 292 g/mol. The standard InChI is InChI=1S/C17H22N4O2/c22-17(14-5-4-12-23-14)20-10-7-13(8-11-20)16-19-18-15-6-2-1-3-9-21(15)16/h4-5,12-13H,1-3,6-11H2. The van der Waals surface area contributed by atoms with Gasteiger partial charge < -0.3 is 13.9 Å². The van der Waals surface area contributed by atoms with Crippen LogP contribution in [-0.4, -0.2) is 38.7 Å². The van der Waals surface area contributed by atoms with Crippen LogP contribution in [0.15, 0.2) is 22.8 Å². The van der Waals surface area contributed by atoms with E-state index in [2.05, 4.69) is 14.8 Å². The molecule has 0 N–H and O–H groups in total. The first kappa shape index (κ1) is 14.5. The zero-order chi connectivity index (χ0) is 15.6. The van der Waals surface area contributed by atoms with E-state index in [9.17, 15) is 4.79 Å². The number of furan rings is 1. The maximum Gasteiger partial charge on any atom is 0.289 e. The number of aromatic nitrogens is 3. The summed E-state index contributed by atoms with van der Waals surface area (Å²) in [6.07, 6.45) is 8.20. The van der Waals surface area contributed by atoms with Crippen LogP contribution in [0.2, 0.25) is 0 Å². The number of carbonyl (C=O) groups is 1. The molecule has 4 heterocycles. The van der Waals surface area contributed by atoms with Gasteiger partial charge in [-0.25, -0.2) is 0 Å². The summed E-state index contributed by atoms with van der Waals surface area (Å²) in [4.78, 5) is 14.2. The molecule has 1 saturated heterocycles. The van der Waals surface area contributed by atoms with Crippen molar-refractivity contribution in [2.45, 2.75) is 51.0 Å². The zero-order valence-corrected chi connectivity index (χ0v) is 13.3. The van der Waals surface area contributed by atoms with Crippen molar-refractivity contribution in [1.29, 1.82) is 0 Å². The number of hydrogen-bond acceptors (Lipinski definition) is 4. The summed E-state index contributed by atoms with van der Waals surface area (Å²) in [7, 11) is 0. The lowest BCUT2D eigenvalue weighted by atomic mass is 9.95. The van der Waals surface area contributed by atoms with Gasteiger partial charge in [-0.1, -0.05) is 6.42 Å². The second-order valence-corrected chi connectivity index (χ2v) is 6.48. The van der Waals surface area contributed by atoms with Crippen molar-refractivity contribution in [3.05, 3.63) is 35.8 Å². The summed E-state index contributed by atoms with van der Waals surface area (Å²) in [5, 5.41) is 8.88. The molecule has 0 saturated carbocycles. The van der Waals surface area contributed by atoms with E-state index in [0.717, 1.165) is 50.5 Å². The Morgan fingerprint density at radius 1 is 1.13 bits per heavy atom. The predicted octanol–water partition coefficient (Wildman–Crippen LogP) is 2.62. The van der Waals surface area contributed by atoms with E-state index >= 15 is 0 Å². The number of amides is 1. The van der Waals surface area contributed by atoms with Crippen LogP contribution < -0.4 is 0 Å². The fourth-order valence-electron chi connectivity index (χ4n) is 3.71. The summed E-state index contributed by atoms with van der Waals surface area (Å²) in [6.45, 7) is 2.56. The maximum atomic E-state index is 12.3. The Morgan fingerprint density at radius 3 is 2.78 bits per heavy atom. The highest BCUT2D eigenvalue weighted by Gasteiger charge is 2.29. The molecular formula is C17H22N4O2. The minimum absolute atomic E-state index is 0.00600. The average Bonchev–Trinajstić information content (AvgIpc) is 3.20. The van der Waals surface area contributed by atoms with Crippen LogP contribution in [0.25, 0.3) is 0 Å². The first-order valence-corrected chi connectivity index (χ1v) is 8.57. The number of fused-ring (bicyclic) bond motifs is 1. The van der Waals surface area contributed by atoms with Crippen molar-refractivity contribution >= 4 is 5.91 Å². The van der Waals surface area contributed by atoms with Gasteiger partial charge in [0, 0.05) is 32.0 Å². The van der Waals surface area contributed by atoms with Crippen molar-refractivity contribution in [1.82, 2.24) is 19.7 Å². The number of likely N-dealkylation sites (tertiary alicyclic amines) is 1. The van der Waals surface area contributed by atoms with E-state index in [-0.39, 0.29) is 5.91 Å². The van der Waals surface area contributed by atoms with Gasteiger partial charge in [0.15, 0.2) is 5.76 Å². The predicted molar refractivity (Wildman–Crippen MR) is 84.2 cm³/mol. The van der Waals surface area contributed by atoms with Crippen LogP contribution in [-0.2, 0) is 13.0 Å². The minimum atomic E-state index is -0.00600. The molecule has 6 nitrogen and oxygen atoms in total. The monoisotopic (exact) mass is 314 g/mol. The second-order valence-electron chi connectivity index (χ2n) is 6.48. The highest BCUT2D eigenvalue weighted by molar-refractivity contribution is 5.91. The van der Waals surface area contributed by atoms with Gasteiger partial charge in [0.05, 0.1) is 6.26 Å². The molecule has 122 valence electrons. The highest BCUT2D eigenvalue weighted by Crippen LogP contribution is 2.29. The molecule has 0 atom stereocenters.